The van der Waals surface area contributed by atoms with Crippen LogP contribution in [0, 0.1) is 5.41 Å². The van der Waals surface area contributed by atoms with E-state index in [1.807, 2.05) is 24.3 Å². The highest BCUT2D eigenvalue weighted by Gasteiger charge is 2.19. The van der Waals surface area contributed by atoms with Crippen molar-refractivity contribution in [2.24, 2.45) is 10.9 Å². The number of amides is 1. The van der Waals surface area contributed by atoms with E-state index in [0.717, 1.165) is 17.5 Å². The summed E-state index contributed by atoms with van der Waals surface area (Å²) in [5.74, 6) is 5.48. The maximum Gasteiger partial charge on any atom is 0.275 e. The van der Waals surface area contributed by atoms with E-state index in [2.05, 4.69) is 25.9 Å². The normalized spacial score (nSPS) is 11.9. The van der Waals surface area contributed by atoms with Crippen LogP contribution in [0.4, 0.5) is 0 Å². The summed E-state index contributed by atoms with van der Waals surface area (Å²) >= 11 is 0. The zero-order valence-corrected chi connectivity index (χ0v) is 13.6. The largest absolute Gasteiger partial charge is 0.491 e. The lowest BCUT2D eigenvalue weighted by molar-refractivity contribution is -0.123. The van der Waals surface area contributed by atoms with Crippen molar-refractivity contribution in [3.8, 4) is 5.75 Å². The monoisotopic (exact) mass is 304 g/mol. The molecule has 1 aromatic rings. The minimum atomic E-state index is -0.398. The van der Waals surface area contributed by atoms with Crippen LogP contribution in [0.5, 0.6) is 5.75 Å². The Morgan fingerprint density at radius 1 is 1.41 bits per heavy atom. The number of carbonyl (C=O) groups excluding carboxylic acids is 1. The van der Waals surface area contributed by atoms with Crippen molar-refractivity contribution in [2.75, 3.05) is 20.2 Å². The van der Waals surface area contributed by atoms with Gasteiger partial charge in [0.25, 0.3) is 5.91 Å². The van der Waals surface area contributed by atoms with E-state index in [4.69, 9.17) is 16.0 Å². The third-order valence-corrected chi connectivity index (χ3v) is 3.22. The molecule has 3 N–H and O–H groups in total. The van der Waals surface area contributed by atoms with Gasteiger partial charge in [-0.05, 0) is 17.0 Å². The molecule has 0 aliphatic heterocycles. The third kappa shape index (κ3) is 4.58. The van der Waals surface area contributed by atoms with Crippen LogP contribution < -0.4 is 10.6 Å². The van der Waals surface area contributed by atoms with Crippen molar-refractivity contribution in [3.05, 3.63) is 29.8 Å². The number of nitrogens with zero attached hydrogens (tertiary/aromatic N) is 2. The molecule has 0 fully saturated rings. The molecule has 0 heterocycles. The summed E-state index contributed by atoms with van der Waals surface area (Å²) in [6, 6.07) is 7.87. The van der Waals surface area contributed by atoms with E-state index in [-0.39, 0.29) is 11.1 Å². The second-order valence-corrected chi connectivity index (χ2v) is 5.98. The Morgan fingerprint density at radius 3 is 2.59 bits per heavy atom. The third-order valence-electron chi connectivity index (χ3n) is 3.22. The molecule has 0 atom stereocenters. The minimum absolute atomic E-state index is 0.0160. The van der Waals surface area contributed by atoms with Gasteiger partial charge in [-0.2, -0.15) is 5.10 Å². The van der Waals surface area contributed by atoms with Crippen LogP contribution >= 0.6 is 0 Å². The second kappa shape index (κ2) is 7.59. The summed E-state index contributed by atoms with van der Waals surface area (Å²) in [6.45, 7) is 7.10. The molecule has 1 amide bonds. The van der Waals surface area contributed by atoms with Crippen LogP contribution in [0.1, 0.15) is 26.3 Å². The molecule has 0 saturated heterocycles. The molecule has 120 valence electrons. The quantitative estimate of drug-likeness (QED) is 0.477. The number of nitrogens with two attached hydrogens (primary N) is 1. The van der Waals surface area contributed by atoms with Gasteiger partial charge in [-0.15, -0.1) is 0 Å². The molecule has 0 aliphatic rings. The number of hydrogen-bond donors (Lipinski definition) is 2. The molecule has 0 aliphatic carbocycles. The molecule has 0 bridgehead atoms. The minimum Gasteiger partial charge on any atom is -0.491 e. The molecule has 22 heavy (non-hydrogen) atoms. The number of hydrazone groups is 1. The summed E-state index contributed by atoms with van der Waals surface area (Å²) in [4.78, 5) is 13.3. The first-order chi connectivity index (χ1) is 10.3. The van der Waals surface area contributed by atoms with Gasteiger partial charge in [0.2, 0.25) is 0 Å². The number of ether oxygens (including phenoxy) is 1. The Bertz CT molecular complexity index is 562. The predicted octanol–water partition coefficient (Wildman–Crippen LogP) is 1.79. The van der Waals surface area contributed by atoms with Gasteiger partial charge in [0.05, 0.1) is 12.8 Å². The first kappa shape index (κ1) is 17.7. The highest BCUT2D eigenvalue weighted by atomic mass is 16.5. The Kier molecular flexibility index (Phi) is 6.10. The number of carbonyl (C=O) groups is 1. The van der Waals surface area contributed by atoms with Crippen molar-refractivity contribution in [3.63, 3.8) is 0 Å². The average Bonchev–Trinajstić information content (AvgIpc) is 2.47. The van der Waals surface area contributed by atoms with Crippen LogP contribution in [0.2, 0.25) is 0 Å². The van der Waals surface area contributed by atoms with Gasteiger partial charge < -0.3 is 20.9 Å². The van der Waals surface area contributed by atoms with Crippen LogP contribution in [0.25, 0.3) is 0 Å². The highest BCUT2D eigenvalue weighted by Crippen LogP contribution is 2.30. The topological polar surface area (TPSA) is 91.8 Å². The fourth-order valence-electron chi connectivity index (χ4n) is 1.96. The standard InChI is InChI=1S/C16H24N4O2/c1-16(2,3)12-7-5-6-8-14(12)22-10-9-20(4)15(21)13(11-17)19-18/h5-8,11,17H,9-10,18H2,1-4H3/b17-11?,19-13+. The summed E-state index contributed by atoms with van der Waals surface area (Å²) in [7, 11) is 1.62. The van der Waals surface area contributed by atoms with Gasteiger partial charge in [-0.25, -0.2) is 0 Å². The van der Waals surface area contributed by atoms with Crippen LogP contribution in [0.15, 0.2) is 29.4 Å². The zero-order valence-electron chi connectivity index (χ0n) is 13.6. The number of para-hydroxylation sites is 1. The van der Waals surface area contributed by atoms with Crippen molar-refractivity contribution < 1.29 is 9.53 Å². The number of benzene rings is 1. The van der Waals surface area contributed by atoms with E-state index in [0.29, 0.717) is 13.2 Å². The van der Waals surface area contributed by atoms with E-state index >= 15 is 0 Å². The summed E-state index contributed by atoms with van der Waals surface area (Å²) < 4.78 is 5.81. The van der Waals surface area contributed by atoms with Crippen LogP contribution in [-0.4, -0.2) is 42.9 Å². The first-order valence-electron chi connectivity index (χ1n) is 7.07. The Hall–Kier alpha value is -2.37. The Balaban J connectivity index is 2.66. The van der Waals surface area contributed by atoms with Gasteiger partial charge in [0.15, 0.2) is 5.71 Å². The van der Waals surface area contributed by atoms with Gasteiger partial charge in [-0.1, -0.05) is 39.0 Å². The lowest BCUT2D eigenvalue weighted by Gasteiger charge is -2.23. The van der Waals surface area contributed by atoms with Crippen molar-refractivity contribution in [1.82, 2.24) is 4.90 Å². The van der Waals surface area contributed by atoms with E-state index in [9.17, 15) is 4.79 Å². The van der Waals surface area contributed by atoms with Crippen molar-refractivity contribution in [2.45, 2.75) is 26.2 Å². The lowest BCUT2D eigenvalue weighted by atomic mass is 9.86. The van der Waals surface area contributed by atoms with Crippen molar-refractivity contribution >= 4 is 17.8 Å². The van der Waals surface area contributed by atoms with Crippen molar-refractivity contribution in [1.29, 1.82) is 5.41 Å². The molecule has 6 heteroatoms. The second-order valence-electron chi connectivity index (χ2n) is 5.98. The molecule has 1 aromatic carbocycles. The molecule has 0 radical (unpaired) electrons. The molecule has 6 nitrogen and oxygen atoms in total. The fourth-order valence-corrected chi connectivity index (χ4v) is 1.96. The molecular formula is C16H24N4O2. The molecular weight excluding hydrogens is 280 g/mol. The van der Waals surface area contributed by atoms with Gasteiger partial charge >= 0.3 is 0 Å². The Morgan fingerprint density at radius 2 is 2.05 bits per heavy atom. The maximum absolute atomic E-state index is 11.9. The molecule has 1 rings (SSSR count). The van der Waals surface area contributed by atoms with Gasteiger partial charge in [-0.3, -0.25) is 4.79 Å². The first-order valence-corrected chi connectivity index (χ1v) is 7.07. The lowest BCUT2D eigenvalue weighted by Crippen LogP contribution is -2.37. The number of nitrogens with one attached hydrogen (secondary N) is 1. The Labute approximate surface area is 131 Å². The average molecular weight is 304 g/mol. The van der Waals surface area contributed by atoms with Gasteiger partial charge in [0, 0.05) is 7.05 Å². The predicted molar refractivity (Wildman–Crippen MR) is 88.7 cm³/mol. The van der Waals surface area contributed by atoms with E-state index < -0.39 is 5.91 Å². The molecule has 0 unspecified atom stereocenters. The summed E-state index contributed by atoms with van der Waals surface area (Å²) in [5.41, 5.74) is 1.02. The zero-order chi connectivity index (χ0) is 16.8. The summed E-state index contributed by atoms with van der Waals surface area (Å²) in [5, 5.41) is 10.4. The maximum atomic E-state index is 11.9. The van der Waals surface area contributed by atoms with Crippen LogP contribution in [-0.2, 0) is 10.2 Å². The van der Waals surface area contributed by atoms with E-state index in [1.54, 1.807) is 7.05 Å². The fraction of sp³-hybridized carbons (Fsp3) is 0.438. The molecule has 0 aromatic heterocycles. The molecule has 0 saturated carbocycles. The SMILES string of the molecule is CN(CCOc1ccccc1C(C)(C)C)C(=O)/C(C=N)=N/N. The smallest absolute Gasteiger partial charge is 0.275 e. The van der Waals surface area contributed by atoms with E-state index in [1.165, 1.54) is 4.90 Å². The van der Waals surface area contributed by atoms with Crippen LogP contribution in [0.3, 0.4) is 0 Å². The number of likely N-dealkylation sites (N-methyl/N-ethyl adjacent to an activating group) is 1. The summed E-state index contributed by atoms with van der Waals surface area (Å²) in [6.07, 6.45) is 0.842. The number of hydrogen-bond acceptors (Lipinski definition) is 5. The highest BCUT2D eigenvalue weighted by molar-refractivity contribution is 6.60. The van der Waals surface area contributed by atoms with Gasteiger partial charge in [0.1, 0.15) is 12.4 Å². The number of rotatable bonds is 6. The molecule has 0 spiro atoms.